The number of likely N-dealkylation sites (N-methyl/N-ethyl adjacent to an activating group) is 1. The molecule has 1 aliphatic carbocycles. The second kappa shape index (κ2) is 47.3. The summed E-state index contributed by atoms with van der Waals surface area (Å²) in [6.45, 7) is 10.1. The third-order valence-corrected chi connectivity index (χ3v) is 25.6. The van der Waals surface area contributed by atoms with Gasteiger partial charge in [-0.3, -0.25) is 53.0 Å². The van der Waals surface area contributed by atoms with E-state index in [-0.39, 0.29) is 100 Å². The van der Waals surface area contributed by atoms with Crippen LogP contribution < -0.4 is 37.6 Å². The van der Waals surface area contributed by atoms with Gasteiger partial charge in [0.1, 0.15) is 90.3 Å². The van der Waals surface area contributed by atoms with Crippen LogP contribution in [0.4, 0.5) is 15.3 Å². The summed E-state index contributed by atoms with van der Waals surface area (Å²) >= 11 is 1.45. The largest absolute Gasteiger partial charge is 0.445 e. The van der Waals surface area contributed by atoms with Crippen molar-refractivity contribution in [3.8, 4) is 0 Å². The van der Waals surface area contributed by atoms with Crippen molar-refractivity contribution in [1.29, 1.82) is 0 Å². The van der Waals surface area contributed by atoms with Crippen LogP contribution in [0.5, 0.6) is 0 Å². The Morgan fingerprint density at radius 1 is 0.758 bits per heavy atom. The number of urea groups is 1. The molecule has 15 N–H and O–H groups in total. The van der Waals surface area contributed by atoms with Gasteiger partial charge in [-0.1, -0.05) is 96.5 Å². The van der Waals surface area contributed by atoms with Gasteiger partial charge in [-0.2, -0.15) is 0 Å². The molecule has 12 amide bonds. The van der Waals surface area contributed by atoms with Crippen LogP contribution in [0.15, 0.2) is 78.5 Å². The number of aliphatic hydroxyl groups excluding tert-OH is 7. The predicted molar refractivity (Wildman–Crippen MR) is 455 cm³/mol. The highest BCUT2D eigenvalue weighted by Crippen LogP contribution is 2.44. The first-order valence-electron chi connectivity index (χ1n) is 43.6. The SMILES string of the molecule is CC[C@H](C)[C@@H]([C@@H](CC(=O)N1CCC[C@H]1[C@H](OC)[C@@H](C)C(=O)N[C@@H](Cc1ccccc1)c1nccs1)OC)N(C)C(=O)[C@@H](NC(=O)[C@@H]1[C@H]2CC[C@H](C2)N1C(=O)OCc1ccc(NC(=O)[C@H](CCCNC(N)=O)NC(=O)[C@@H](NC(=O)CCOCCN2C(=O)C=CC2=O)C(C)C)cc1COCc1cn([C@H]2OC(CO)[C@H](O[C@H]3OC(CO)[C@@H](O)[C@@H](O)C3O)[C@@H](O)C2O)nn1)C(C)C. The molecule has 2 aromatic heterocycles. The van der Waals surface area contributed by atoms with E-state index >= 15 is 9.59 Å². The van der Waals surface area contributed by atoms with E-state index in [4.69, 9.17) is 43.6 Å². The zero-order valence-electron chi connectivity index (χ0n) is 73.7. The fourth-order valence-corrected chi connectivity index (χ4v) is 18.2. The number of nitrogens with zero attached hydrogens (tertiary/aromatic N) is 8. The standard InChI is InChI=1S/C86H125N15O26S/c1-11-47(6)68(59(120-9)38-65(107)98-30-16-20-58(98)75(121-10)48(7)77(113)92-57(81-88-29-34-128-81)35-49-17-13-12-14-18-49)97(8)82(117)67(46(4)5)94-80(116)69-50-22-24-55(37-50)101(69)86(119)124-43-51-21-23-53(90-78(114)56(19-15-28-89-85(87)118)91-79(115)66(45(2)3)93-62(104)27-32-122-33-31-99-63(105)25-26-64(99)106)36-52(51)42-123-44-54-39-100(96-95-54)83-73(111)72(110)76(61(41-103)125-83)127-84-74(112)71(109)70(108)60(40-102)126-84/h12-14,17-18,21,23,25-26,29,34,36,39,45-48,50,55-61,66-76,83-84,102-103,108-112H,11,15-16,19-20,22,24,27-28,30-33,35,37-38,40-44H2,1-10H3,(H,90,114)(H,91,115)(H,92,113)(H,93,104)(H,94,116)(H3,87,89,118)/t47-,48+,50-,55+,56-,57-,58-,59+,60?,61?,66-,67-,68-,69-,70+,71+,72-,73?,74?,75+,76-,83-,84+/m0/s1. The minimum absolute atomic E-state index is 0.000837. The highest BCUT2D eigenvalue weighted by Gasteiger charge is 2.55. The van der Waals surface area contributed by atoms with E-state index < -0.39 is 213 Å². The number of anilines is 1. The summed E-state index contributed by atoms with van der Waals surface area (Å²) in [7, 11) is 4.66. The van der Waals surface area contributed by atoms with Crippen LogP contribution in [0.3, 0.4) is 0 Å². The monoisotopic (exact) mass is 1820 g/mol. The lowest BCUT2D eigenvalue weighted by Gasteiger charge is -2.45. The topological polar surface area (TPSA) is 558 Å². The number of amides is 12. The van der Waals surface area contributed by atoms with Gasteiger partial charge in [0.2, 0.25) is 41.4 Å². The Morgan fingerprint density at radius 3 is 2.15 bits per heavy atom. The van der Waals surface area contributed by atoms with Crippen molar-refractivity contribution in [2.24, 2.45) is 35.3 Å². The maximum atomic E-state index is 15.3. The molecular formula is C86H125N15O26S. The molecule has 41 nitrogen and oxygen atoms in total. The van der Waals surface area contributed by atoms with Crippen LogP contribution in [0.2, 0.25) is 0 Å². The third kappa shape index (κ3) is 25.3. The van der Waals surface area contributed by atoms with Gasteiger partial charge in [0.25, 0.3) is 11.8 Å². The summed E-state index contributed by atoms with van der Waals surface area (Å²) < 4.78 is 48.4. The molecule has 4 aromatic rings. The van der Waals surface area contributed by atoms with Crippen molar-refractivity contribution in [2.75, 3.05) is 72.6 Å². The second-order valence-corrected chi connectivity index (χ2v) is 35.0. The zero-order chi connectivity index (χ0) is 92.9. The summed E-state index contributed by atoms with van der Waals surface area (Å²) in [5, 5.41) is 102. The number of primary amides is 1. The number of carbonyl (C=O) groups excluding carboxylic acids is 11. The number of rotatable bonds is 46. The highest BCUT2D eigenvalue weighted by molar-refractivity contribution is 7.09. The smallest absolute Gasteiger partial charge is 0.411 e. The normalized spacial score (nSPS) is 25.4. The first-order valence-corrected chi connectivity index (χ1v) is 44.4. The number of methoxy groups -OCH3 is 2. The van der Waals surface area contributed by atoms with E-state index in [9.17, 15) is 78.9 Å². The number of carbonyl (C=O) groups is 11. The van der Waals surface area contributed by atoms with Gasteiger partial charge >= 0.3 is 12.1 Å². The van der Waals surface area contributed by atoms with Crippen molar-refractivity contribution in [2.45, 2.75) is 261 Å². The molecule has 706 valence electrons. The van der Waals surface area contributed by atoms with Gasteiger partial charge in [0, 0.05) is 76.2 Å². The molecule has 7 heterocycles. The molecule has 4 saturated heterocycles. The van der Waals surface area contributed by atoms with E-state index in [0.717, 1.165) is 32.3 Å². The number of nitrogens with one attached hydrogen (secondary N) is 6. The lowest BCUT2D eigenvalue weighted by atomic mass is 9.89. The summed E-state index contributed by atoms with van der Waals surface area (Å²) in [5.41, 5.74) is 7.26. The quantitative estimate of drug-likeness (QED) is 0.0208. The minimum Gasteiger partial charge on any atom is -0.445 e. The summed E-state index contributed by atoms with van der Waals surface area (Å²) in [4.78, 5) is 162. The molecular weight excluding hydrogens is 1690 g/mol. The summed E-state index contributed by atoms with van der Waals surface area (Å²) in [6.07, 6.45) is -10.5. The van der Waals surface area contributed by atoms with Crippen LogP contribution in [0, 0.1) is 29.6 Å². The number of aliphatic hydroxyl groups is 7. The number of thiazole rings is 1. The lowest BCUT2D eigenvalue weighted by Crippen LogP contribution is -2.63. The van der Waals surface area contributed by atoms with Gasteiger partial charge in [-0.15, -0.1) is 16.4 Å². The van der Waals surface area contributed by atoms with Crippen LogP contribution in [-0.2, 0) is 107 Å². The number of aromatic nitrogens is 4. The molecule has 2 aromatic carbocycles. The molecule has 6 aliphatic rings. The maximum Gasteiger partial charge on any atom is 0.411 e. The Labute approximate surface area is 746 Å². The molecule has 0 spiro atoms. The number of hydrogen-bond acceptors (Lipinski definition) is 30. The van der Waals surface area contributed by atoms with Gasteiger partial charge in [0.15, 0.2) is 12.5 Å². The fraction of sp³-hybridized carbons (Fsp3) is 0.651. The van der Waals surface area contributed by atoms with Gasteiger partial charge < -0.3 is 121 Å². The van der Waals surface area contributed by atoms with Crippen molar-refractivity contribution in [3.63, 3.8) is 0 Å². The molecule has 128 heavy (non-hydrogen) atoms. The van der Waals surface area contributed by atoms with Crippen molar-refractivity contribution >= 4 is 82.3 Å². The van der Waals surface area contributed by atoms with Crippen LogP contribution in [-0.4, -0.2) is 318 Å². The predicted octanol–water partition coefficient (Wildman–Crippen LogP) is 0.243. The minimum atomic E-state index is -1.90. The van der Waals surface area contributed by atoms with Crippen molar-refractivity contribution < 1.29 is 126 Å². The number of hydrogen-bond donors (Lipinski definition) is 14. The molecule has 23 atom stereocenters. The van der Waals surface area contributed by atoms with Gasteiger partial charge in [0.05, 0.1) is 95.1 Å². The van der Waals surface area contributed by atoms with E-state index in [1.165, 1.54) is 48.8 Å². The number of imide groups is 1. The fourth-order valence-electron chi connectivity index (χ4n) is 17.5. The second-order valence-electron chi connectivity index (χ2n) is 34.1. The molecule has 5 aliphatic heterocycles. The molecule has 0 radical (unpaired) electrons. The zero-order valence-corrected chi connectivity index (χ0v) is 74.6. The third-order valence-electron chi connectivity index (χ3n) is 24.7. The highest BCUT2D eigenvalue weighted by atomic mass is 32.1. The Kier molecular flexibility index (Phi) is 37.1. The van der Waals surface area contributed by atoms with E-state index in [2.05, 4.69) is 47.2 Å². The Bertz CT molecular complexity index is 4400. The van der Waals surface area contributed by atoms with E-state index in [1.807, 2.05) is 49.6 Å². The van der Waals surface area contributed by atoms with Crippen LogP contribution >= 0.6 is 11.3 Å². The maximum absolute atomic E-state index is 15.3. The summed E-state index contributed by atoms with van der Waals surface area (Å²) in [5.74, 6) is -6.87. The number of likely N-dealkylation sites (tertiary alicyclic amines) is 2. The van der Waals surface area contributed by atoms with Gasteiger partial charge in [-0.05, 0) is 104 Å². The molecule has 10 rings (SSSR count). The molecule has 2 bridgehead atoms. The van der Waals surface area contributed by atoms with Crippen LogP contribution in [0.25, 0.3) is 0 Å². The molecule has 1 saturated carbocycles. The molecule has 5 fully saturated rings. The average Bonchev–Trinajstić information content (AvgIpc) is 1.61. The van der Waals surface area contributed by atoms with E-state index in [0.29, 0.717) is 62.6 Å². The number of nitrogens with two attached hydrogens (primary N) is 1. The number of benzene rings is 2. The Balaban J connectivity index is 0.828. The Hall–Kier alpha value is -9.64. The number of fused-ring (bicyclic) bond motifs is 2. The lowest BCUT2D eigenvalue weighted by molar-refractivity contribution is -0.347. The first kappa shape index (κ1) is 101. The Morgan fingerprint density at radius 2 is 1.48 bits per heavy atom. The first-order chi connectivity index (χ1) is 61.2. The summed E-state index contributed by atoms with van der Waals surface area (Å²) in [6, 6.07) is 6.81. The van der Waals surface area contributed by atoms with E-state index in [1.54, 1.807) is 63.7 Å². The van der Waals surface area contributed by atoms with Crippen LogP contribution in [0.1, 0.15) is 152 Å². The average molecular weight is 1820 g/mol. The van der Waals surface area contributed by atoms with Crippen molar-refractivity contribution in [1.82, 2.24) is 66.2 Å². The molecule has 4 unspecified atom stereocenters. The number of ether oxygens (including phenoxy) is 8. The molecule has 42 heteroatoms. The number of piperidine rings is 1. The van der Waals surface area contributed by atoms with Crippen molar-refractivity contribution in [3.05, 3.63) is 106 Å². The van der Waals surface area contributed by atoms with Gasteiger partial charge in [-0.25, -0.2) is 19.3 Å².